The fourth-order valence-electron chi connectivity index (χ4n) is 3.10. The molecule has 0 bridgehead atoms. The first-order valence-electron chi connectivity index (χ1n) is 8.90. The van der Waals surface area contributed by atoms with Crippen molar-refractivity contribution in [2.45, 2.75) is 31.7 Å². The molecular weight excluding hydrogens is 380 g/mol. The largest absolute Gasteiger partial charge is 0.497 e. The molecule has 7 nitrogen and oxygen atoms in total. The van der Waals surface area contributed by atoms with Crippen LogP contribution in [0.25, 0.3) is 0 Å². The SMILES string of the molecule is COc1cc(OC)cc(C2=NN(C(=O)CCCC(=O)O)[C@H](c3cccs3)C2)c1. The van der Waals surface area contributed by atoms with E-state index >= 15 is 0 Å². The second-order valence-corrected chi connectivity index (χ2v) is 7.35. The molecule has 2 aromatic rings. The Morgan fingerprint density at radius 1 is 1.21 bits per heavy atom. The zero-order valence-corrected chi connectivity index (χ0v) is 16.6. The van der Waals surface area contributed by atoms with Gasteiger partial charge >= 0.3 is 5.97 Å². The first-order valence-corrected chi connectivity index (χ1v) is 9.78. The van der Waals surface area contributed by atoms with Crippen molar-refractivity contribution in [2.75, 3.05) is 14.2 Å². The molecule has 1 aliphatic heterocycles. The maximum Gasteiger partial charge on any atom is 0.303 e. The van der Waals surface area contributed by atoms with E-state index in [4.69, 9.17) is 14.6 Å². The predicted molar refractivity (Wildman–Crippen MR) is 106 cm³/mol. The lowest BCUT2D eigenvalue weighted by Gasteiger charge is -2.20. The van der Waals surface area contributed by atoms with Crippen molar-refractivity contribution in [3.63, 3.8) is 0 Å². The van der Waals surface area contributed by atoms with Crippen molar-refractivity contribution >= 4 is 28.9 Å². The molecule has 3 rings (SSSR count). The average Bonchev–Trinajstić information content (AvgIpc) is 3.36. The number of aliphatic carboxylic acids is 1. The number of methoxy groups -OCH3 is 2. The number of ether oxygens (including phenoxy) is 2. The number of hydrogen-bond donors (Lipinski definition) is 1. The van der Waals surface area contributed by atoms with E-state index in [2.05, 4.69) is 5.10 Å². The Labute approximate surface area is 167 Å². The van der Waals surface area contributed by atoms with Crippen LogP contribution in [0.3, 0.4) is 0 Å². The number of carboxylic acids is 1. The topological polar surface area (TPSA) is 88.4 Å². The molecule has 0 radical (unpaired) electrons. The van der Waals surface area contributed by atoms with Crippen LogP contribution < -0.4 is 9.47 Å². The van der Waals surface area contributed by atoms with Crippen LogP contribution in [0.5, 0.6) is 11.5 Å². The maximum atomic E-state index is 12.7. The number of carbonyl (C=O) groups excluding carboxylic acids is 1. The molecular formula is C20H22N2O5S. The Kier molecular flexibility index (Phi) is 6.30. The third-order valence-electron chi connectivity index (χ3n) is 4.50. The Hall–Kier alpha value is -2.87. The van der Waals surface area contributed by atoms with Gasteiger partial charge in [0.25, 0.3) is 0 Å². The normalized spacial score (nSPS) is 16.0. The van der Waals surface area contributed by atoms with E-state index in [0.29, 0.717) is 24.3 Å². The van der Waals surface area contributed by atoms with Gasteiger partial charge in [0.1, 0.15) is 11.5 Å². The lowest BCUT2D eigenvalue weighted by atomic mass is 10.0. The number of carboxylic acid groups (broad SMARTS) is 1. The molecule has 1 aliphatic rings. The van der Waals surface area contributed by atoms with Gasteiger partial charge in [-0.2, -0.15) is 5.10 Å². The van der Waals surface area contributed by atoms with Crippen LogP contribution >= 0.6 is 11.3 Å². The number of rotatable bonds is 8. The van der Waals surface area contributed by atoms with Gasteiger partial charge in [-0.25, -0.2) is 5.01 Å². The fraction of sp³-hybridized carbons (Fsp3) is 0.350. The molecule has 1 amide bonds. The third-order valence-corrected chi connectivity index (χ3v) is 5.48. The summed E-state index contributed by atoms with van der Waals surface area (Å²) >= 11 is 1.57. The monoisotopic (exact) mass is 402 g/mol. The summed E-state index contributed by atoms with van der Waals surface area (Å²) in [5.74, 6) is 0.216. The summed E-state index contributed by atoms with van der Waals surface area (Å²) in [6.07, 6.45) is 0.973. The van der Waals surface area contributed by atoms with E-state index in [-0.39, 0.29) is 24.8 Å². The molecule has 28 heavy (non-hydrogen) atoms. The quantitative estimate of drug-likeness (QED) is 0.727. The number of hydrazone groups is 1. The molecule has 148 valence electrons. The average molecular weight is 402 g/mol. The van der Waals surface area contributed by atoms with Crippen molar-refractivity contribution in [1.29, 1.82) is 0 Å². The van der Waals surface area contributed by atoms with E-state index in [1.54, 1.807) is 31.6 Å². The van der Waals surface area contributed by atoms with Crippen LogP contribution in [0, 0.1) is 0 Å². The van der Waals surface area contributed by atoms with Gasteiger partial charge in [0.15, 0.2) is 0 Å². The van der Waals surface area contributed by atoms with Crippen LogP contribution in [0.1, 0.15) is 42.2 Å². The second kappa shape index (κ2) is 8.88. The van der Waals surface area contributed by atoms with Crippen LogP contribution in [-0.2, 0) is 9.59 Å². The summed E-state index contributed by atoms with van der Waals surface area (Å²) in [6.45, 7) is 0. The van der Waals surface area contributed by atoms with Crippen LogP contribution in [0.2, 0.25) is 0 Å². The van der Waals surface area contributed by atoms with Crippen LogP contribution in [-0.4, -0.2) is 41.9 Å². The summed E-state index contributed by atoms with van der Waals surface area (Å²) in [5, 5.41) is 16.9. The molecule has 1 atom stereocenters. The zero-order valence-electron chi connectivity index (χ0n) is 15.8. The summed E-state index contributed by atoms with van der Waals surface area (Å²) in [6, 6.07) is 9.25. The standard InChI is InChI=1S/C20H22N2O5S/c1-26-14-9-13(10-15(11-14)27-2)16-12-17(18-5-4-8-28-18)22(21-16)19(23)6-3-7-20(24)25/h4-5,8-11,17H,3,6-7,12H2,1-2H3,(H,24,25)/t17-/m0/s1. The molecule has 2 heterocycles. The van der Waals surface area contributed by atoms with E-state index in [1.807, 2.05) is 29.6 Å². The zero-order chi connectivity index (χ0) is 20.1. The Morgan fingerprint density at radius 3 is 2.50 bits per heavy atom. The molecule has 0 saturated heterocycles. The molecule has 1 aromatic carbocycles. The third kappa shape index (κ3) is 4.51. The molecule has 1 aromatic heterocycles. The lowest BCUT2D eigenvalue weighted by Crippen LogP contribution is -2.26. The number of nitrogens with zero attached hydrogens (tertiary/aromatic N) is 2. The highest BCUT2D eigenvalue weighted by Crippen LogP contribution is 2.37. The first kappa shape index (κ1) is 19.9. The van der Waals surface area contributed by atoms with Crippen LogP contribution in [0.4, 0.5) is 0 Å². The number of amides is 1. The molecule has 0 spiro atoms. The molecule has 0 saturated carbocycles. The second-order valence-electron chi connectivity index (χ2n) is 6.37. The summed E-state index contributed by atoms with van der Waals surface area (Å²) in [4.78, 5) is 24.5. The Morgan fingerprint density at radius 2 is 1.93 bits per heavy atom. The minimum Gasteiger partial charge on any atom is -0.497 e. The number of benzene rings is 1. The first-order chi connectivity index (χ1) is 13.5. The van der Waals surface area contributed by atoms with Crippen LogP contribution in [0.15, 0.2) is 40.8 Å². The van der Waals surface area contributed by atoms with Gasteiger partial charge in [-0.1, -0.05) is 6.07 Å². The molecule has 0 unspecified atom stereocenters. The summed E-state index contributed by atoms with van der Waals surface area (Å²) < 4.78 is 10.7. The van der Waals surface area contributed by atoms with E-state index < -0.39 is 5.97 Å². The van der Waals surface area contributed by atoms with Gasteiger partial charge in [-0.15, -0.1) is 11.3 Å². The Balaban J connectivity index is 1.88. The summed E-state index contributed by atoms with van der Waals surface area (Å²) in [5.41, 5.74) is 1.60. The highest BCUT2D eigenvalue weighted by atomic mass is 32.1. The van der Waals surface area contributed by atoms with Gasteiger partial charge < -0.3 is 14.6 Å². The van der Waals surface area contributed by atoms with Gasteiger partial charge in [0, 0.05) is 35.8 Å². The van der Waals surface area contributed by atoms with Crippen molar-refractivity contribution in [3.05, 3.63) is 46.2 Å². The minimum atomic E-state index is -0.906. The number of hydrogen-bond acceptors (Lipinski definition) is 6. The van der Waals surface area contributed by atoms with Gasteiger partial charge in [0.05, 0.1) is 26.0 Å². The van der Waals surface area contributed by atoms with Crippen molar-refractivity contribution in [2.24, 2.45) is 5.10 Å². The molecule has 0 aliphatic carbocycles. The van der Waals surface area contributed by atoms with E-state index in [0.717, 1.165) is 16.2 Å². The maximum absolute atomic E-state index is 12.7. The smallest absolute Gasteiger partial charge is 0.303 e. The summed E-state index contributed by atoms with van der Waals surface area (Å²) in [7, 11) is 3.17. The Bertz CT molecular complexity index is 856. The van der Waals surface area contributed by atoms with E-state index in [9.17, 15) is 9.59 Å². The van der Waals surface area contributed by atoms with Gasteiger partial charge in [0.2, 0.25) is 5.91 Å². The molecule has 8 heteroatoms. The van der Waals surface area contributed by atoms with Crippen molar-refractivity contribution in [1.82, 2.24) is 5.01 Å². The number of thiophene rings is 1. The van der Waals surface area contributed by atoms with E-state index in [1.165, 1.54) is 5.01 Å². The minimum absolute atomic E-state index is 0.0348. The molecule has 0 fully saturated rings. The lowest BCUT2D eigenvalue weighted by molar-refractivity contribution is -0.137. The number of carbonyl (C=O) groups is 2. The van der Waals surface area contributed by atoms with Gasteiger partial charge in [-0.05, 0) is 30.0 Å². The van der Waals surface area contributed by atoms with Crippen molar-refractivity contribution in [3.8, 4) is 11.5 Å². The highest BCUT2D eigenvalue weighted by Gasteiger charge is 2.33. The predicted octanol–water partition coefficient (Wildman–Crippen LogP) is 3.70. The van der Waals surface area contributed by atoms with Crippen molar-refractivity contribution < 1.29 is 24.2 Å². The fourth-order valence-corrected chi connectivity index (χ4v) is 3.91. The highest BCUT2D eigenvalue weighted by molar-refractivity contribution is 7.10. The molecule has 1 N–H and O–H groups in total. The van der Waals surface area contributed by atoms with Gasteiger partial charge in [-0.3, -0.25) is 9.59 Å².